The molecule has 1 fully saturated rings. The van der Waals surface area contributed by atoms with Gasteiger partial charge in [-0.15, -0.1) is 12.4 Å². The van der Waals surface area contributed by atoms with E-state index in [0.29, 0.717) is 54.9 Å². The molecular formula is C17H25Cl2N3O3. The average Bonchev–Trinajstić information content (AvgIpc) is 2.54. The number of carbonyl (C=O) groups is 2. The number of nitrogens with two attached hydrogens (primary N) is 1. The highest BCUT2D eigenvalue weighted by molar-refractivity contribution is 6.34. The van der Waals surface area contributed by atoms with Gasteiger partial charge in [-0.3, -0.25) is 9.59 Å². The Morgan fingerprint density at radius 2 is 1.96 bits per heavy atom. The summed E-state index contributed by atoms with van der Waals surface area (Å²) < 4.78 is 5.24. The third kappa shape index (κ3) is 6.15. The summed E-state index contributed by atoms with van der Waals surface area (Å²) in [6.45, 7) is 6.19. The zero-order chi connectivity index (χ0) is 17.7. The van der Waals surface area contributed by atoms with Crippen molar-refractivity contribution in [1.29, 1.82) is 0 Å². The Labute approximate surface area is 159 Å². The van der Waals surface area contributed by atoms with Crippen molar-refractivity contribution in [3.63, 3.8) is 0 Å². The predicted octanol–water partition coefficient (Wildman–Crippen LogP) is 2.55. The number of halogens is 2. The van der Waals surface area contributed by atoms with Crippen LogP contribution in [0.4, 0.5) is 5.69 Å². The fraction of sp³-hybridized carbons (Fsp3) is 0.529. The van der Waals surface area contributed by atoms with Crippen molar-refractivity contribution in [2.75, 3.05) is 31.6 Å². The minimum absolute atomic E-state index is 0. The van der Waals surface area contributed by atoms with Crippen molar-refractivity contribution in [3.8, 4) is 0 Å². The molecule has 2 amide bonds. The highest BCUT2D eigenvalue weighted by atomic mass is 35.5. The summed E-state index contributed by atoms with van der Waals surface area (Å²) in [6, 6.07) is 4.30. The first-order valence-electron chi connectivity index (χ1n) is 8.11. The van der Waals surface area contributed by atoms with E-state index in [4.69, 9.17) is 22.1 Å². The van der Waals surface area contributed by atoms with Gasteiger partial charge in [0.15, 0.2) is 0 Å². The quantitative estimate of drug-likeness (QED) is 0.809. The molecule has 1 aliphatic heterocycles. The summed E-state index contributed by atoms with van der Waals surface area (Å²) in [5.41, 5.74) is 6.81. The minimum Gasteiger partial charge on any atom is -0.378 e. The second-order valence-electron chi connectivity index (χ2n) is 6.32. The number of amides is 2. The van der Waals surface area contributed by atoms with Gasteiger partial charge < -0.3 is 20.7 Å². The lowest BCUT2D eigenvalue weighted by Gasteiger charge is -2.27. The molecule has 8 heteroatoms. The zero-order valence-corrected chi connectivity index (χ0v) is 16.0. The molecule has 6 nitrogen and oxygen atoms in total. The number of benzene rings is 1. The highest BCUT2D eigenvalue weighted by Crippen LogP contribution is 2.23. The summed E-state index contributed by atoms with van der Waals surface area (Å²) in [6.07, 6.45) is 0.604. The fourth-order valence-electron chi connectivity index (χ4n) is 2.55. The molecule has 140 valence electrons. The van der Waals surface area contributed by atoms with Gasteiger partial charge in [0.1, 0.15) is 0 Å². The summed E-state index contributed by atoms with van der Waals surface area (Å²) >= 11 is 6.23. The van der Waals surface area contributed by atoms with Crippen LogP contribution in [0, 0.1) is 5.92 Å². The molecule has 1 saturated heterocycles. The van der Waals surface area contributed by atoms with Gasteiger partial charge >= 0.3 is 0 Å². The van der Waals surface area contributed by atoms with Crippen molar-refractivity contribution in [2.45, 2.75) is 26.3 Å². The first-order valence-corrected chi connectivity index (χ1v) is 8.49. The number of nitrogens with one attached hydrogen (secondary N) is 1. The normalized spacial score (nSPS) is 15.5. The zero-order valence-electron chi connectivity index (χ0n) is 14.5. The van der Waals surface area contributed by atoms with E-state index in [1.54, 1.807) is 23.1 Å². The summed E-state index contributed by atoms with van der Waals surface area (Å²) in [5, 5.41) is 3.05. The fourth-order valence-corrected chi connectivity index (χ4v) is 2.81. The van der Waals surface area contributed by atoms with Crippen LogP contribution >= 0.6 is 24.0 Å². The third-order valence-electron chi connectivity index (χ3n) is 3.83. The van der Waals surface area contributed by atoms with E-state index < -0.39 is 6.04 Å². The van der Waals surface area contributed by atoms with E-state index in [2.05, 4.69) is 5.32 Å². The molecule has 0 saturated carbocycles. The van der Waals surface area contributed by atoms with Crippen LogP contribution in [0.15, 0.2) is 18.2 Å². The lowest BCUT2D eigenvalue weighted by atomic mass is 10.0. The second-order valence-corrected chi connectivity index (χ2v) is 6.73. The molecule has 1 heterocycles. The van der Waals surface area contributed by atoms with Gasteiger partial charge in [0.2, 0.25) is 5.91 Å². The molecule has 0 aliphatic carbocycles. The summed E-state index contributed by atoms with van der Waals surface area (Å²) in [7, 11) is 0. The molecule has 2 rings (SSSR count). The van der Waals surface area contributed by atoms with Crippen LogP contribution in [-0.4, -0.2) is 49.1 Å². The molecule has 1 aliphatic rings. The molecule has 0 spiro atoms. The molecule has 0 bridgehead atoms. The lowest BCUT2D eigenvalue weighted by Crippen LogP contribution is -2.40. The second kappa shape index (κ2) is 9.97. The first-order chi connectivity index (χ1) is 11.4. The van der Waals surface area contributed by atoms with Crippen molar-refractivity contribution < 1.29 is 14.3 Å². The standard InChI is InChI=1S/C17H24ClN3O3.ClH/c1-11(2)9-15(19)16(22)20-12-3-4-13(14(18)10-12)17(23)21-5-7-24-8-6-21;/h3-4,10-11,15H,5-9,19H2,1-2H3,(H,20,22);1H/t15-;/m0./s1. The Kier molecular flexibility index (Phi) is 8.65. The molecule has 1 aromatic carbocycles. The maximum atomic E-state index is 12.5. The topological polar surface area (TPSA) is 84.7 Å². The number of anilines is 1. The first kappa shape index (κ1) is 21.7. The minimum atomic E-state index is -0.571. The van der Waals surface area contributed by atoms with E-state index in [9.17, 15) is 9.59 Å². The number of hydrogen-bond acceptors (Lipinski definition) is 4. The van der Waals surface area contributed by atoms with Crippen LogP contribution in [0.1, 0.15) is 30.6 Å². The SMILES string of the molecule is CC(C)C[C@H](N)C(=O)Nc1ccc(C(=O)N2CCOCC2)c(Cl)c1.Cl. The summed E-state index contributed by atoms with van der Waals surface area (Å²) in [4.78, 5) is 26.2. The number of nitrogens with zero attached hydrogens (tertiary/aromatic N) is 1. The Bertz CT molecular complexity index is 605. The van der Waals surface area contributed by atoms with E-state index in [0.717, 1.165) is 0 Å². The van der Waals surface area contributed by atoms with Gasteiger partial charge in [0.05, 0.1) is 29.8 Å². The monoisotopic (exact) mass is 389 g/mol. The maximum Gasteiger partial charge on any atom is 0.255 e. The number of hydrogen-bond donors (Lipinski definition) is 2. The number of rotatable bonds is 5. The number of ether oxygens (including phenoxy) is 1. The van der Waals surface area contributed by atoms with Crippen LogP contribution in [0.3, 0.4) is 0 Å². The van der Waals surface area contributed by atoms with Crippen LogP contribution in [0.2, 0.25) is 5.02 Å². The van der Waals surface area contributed by atoms with Crippen molar-refractivity contribution >= 4 is 41.5 Å². The lowest BCUT2D eigenvalue weighted by molar-refractivity contribution is -0.117. The smallest absolute Gasteiger partial charge is 0.255 e. The average molecular weight is 390 g/mol. The van der Waals surface area contributed by atoms with Gasteiger partial charge in [-0.2, -0.15) is 0 Å². The van der Waals surface area contributed by atoms with E-state index in [-0.39, 0.29) is 24.2 Å². The van der Waals surface area contributed by atoms with Gasteiger partial charge in [0.25, 0.3) is 5.91 Å². The van der Waals surface area contributed by atoms with Crippen molar-refractivity contribution in [3.05, 3.63) is 28.8 Å². The van der Waals surface area contributed by atoms with E-state index >= 15 is 0 Å². The van der Waals surface area contributed by atoms with Crippen LogP contribution in [-0.2, 0) is 9.53 Å². The van der Waals surface area contributed by atoms with E-state index in [1.807, 2.05) is 13.8 Å². The molecule has 3 N–H and O–H groups in total. The van der Waals surface area contributed by atoms with E-state index in [1.165, 1.54) is 0 Å². The Morgan fingerprint density at radius 1 is 1.32 bits per heavy atom. The number of carbonyl (C=O) groups excluding carboxylic acids is 2. The molecule has 0 radical (unpaired) electrons. The molecule has 0 aromatic heterocycles. The molecule has 1 aromatic rings. The van der Waals surface area contributed by atoms with Crippen molar-refractivity contribution in [2.24, 2.45) is 11.7 Å². The van der Waals surface area contributed by atoms with Crippen LogP contribution in [0.25, 0.3) is 0 Å². The predicted molar refractivity (Wildman–Crippen MR) is 101 cm³/mol. The Morgan fingerprint density at radius 3 is 2.52 bits per heavy atom. The largest absolute Gasteiger partial charge is 0.378 e. The third-order valence-corrected chi connectivity index (χ3v) is 4.14. The molecule has 25 heavy (non-hydrogen) atoms. The highest BCUT2D eigenvalue weighted by Gasteiger charge is 2.21. The van der Waals surface area contributed by atoms with Gasteiger partial charge in [-0.05, 0) is 30.5 Å². The molecule has 0 unspecified atom stereocenters. The van der Waals surface area contributed by atoms with Gasteiger partial charge in [-0.1, -0.05) is 25.4 Å². The van der Waals surface area contributed by atoms with Crippen molar-refractivity contribution in [1.82, 2.24) is 4.90 Å². The Hall–Kier alpha value is -1.34. The molecular weight excluding hydrogens is 365 g/mol. The summed E-state index contributed by atoms with van der Waals surface area (Å²) in [5.74, 6) is -0.0485. The Balaban J connectivity index is 0.00000312. The van der Waals surface area contributed by atoms with Crippen LogP contribution in [0.5, 0.6) is 0 Å². The van der Waals surface area contributed by atoms with Crippen LogP contribution < -0.4 is 11.1 Å². The maximum absolute atomic E-state index is 12.5. The van der Waals surface area contributed by atoms with Gasteiger partial charge in [0, 0.05) is 18.8 Å². The molecule has 1 atom stereocenters. The number of morpholine rings is 1. The van der Waals surface area contributed by atoms with Gasteiger partial charge in [-0.25, -0.2) is 0 Å².